The summed E-state index contributed by atoms with van der Waals surface area (Å²) in [4.78, 5) is 5.41. The van der Waals surface area contributed by atoms with E-state index in [1.807, 2.05) is 18.3 Å². The van der Waals surface area contributed by atoms with E-state index in [1.165, 1.54) is 9.75 Å². The number of ether oxygens (including phenoxy) is 1. The van der Waals surface area contributed by atoms with Gasteiger partial charge in [-0.2, -0.15) is 0 Å². The molecule has 0 amide bonds. The third kappa shape index (κ3) is 2.71. The number of nitrogens with zero attached hydrogens (tertiary/aromatic N) is 3. The highest BCUT2D eigenvalue weighted by atomic mass is 32.1. The van der Waals surface area contributed by atoms with Crippen LogP contribution in [0.25, 0.3) is 0 Å². The van der Waals surface area contributed by atoms with Gasteiger partial charge >= 0.3 is 0 Å². The van der Waals surface area contributed by atoms with E-state index in [0.29, 0.717) is 23.9 Å². The Hall–Kier alpha value is -1.24. The predicted molar refractivity (Wildman–Crippen MR) is 83.8 cm³/mol. The highest BCUT2D eigenvalue weighted by Crippen LogP contribution is 2.38. The Morgan fingerprint density at radius 2 is 2.14 bits per heavy atom. The Morgan fingerprint density at radius 3 is 2.86 bits per heavy atom. The fraction of sp³-hybridized carbons (Fsp3) is 0.625. The molecule has 0 radical (unpaired) electrons. The number of likely N-dealkylation sites (tertiary alicyclic amines) is 1. The molecule has 2 saturated heterocycles. The summed E-state index contributed by atoms with van der Waals surface area (Å²) >= 11 is 1.90. The van der Waals surface area contributed by atoms with E-state index in [0.717, 1.165) is 32.4 Å². The number of hydrogen-bond acceptors (Lipinski definition) is 6. The zero-order valence-electron chi connectivity index (χ0n) is 13.0. The Labute approximate surface area is 134 Å². The minimum Gasteiger partial charge on any atom is -0.423 e. The lowest BCUT2D eigenvalue weighted by molar-refractivity contribution is -0.0817. The molecule has 3 atom stereocenters. The molecule has 0 spiro atoms. The van der Waals surface area contributed by atoms with Crippen molar-refractivity contribution in [3.8, 4) is 0 Å². The van der Waals surface area contributed by atoms with E-state index in [2.05, 4.69) is 34.2 Å². The van der Waals surface area contributed by atoms with Crippen molar-refractivity contribution in [2.75, 3.05) is 6.54 Å². The maximum atomic E-state index is 6.25. The maximum Gasteiger partial charge on any atom is 0.245 e. The van der Waals surface area contributed by atoms with Gasteiger partial charge in [0.05, 0.1) is 6.10 Å². The van der Waals surface area contributed by atoms with E-state index in [4.69, 9.17) is 9.15 Å². The van der Waals surface area contributed by atoms with Gasteiger partial charge in [0.2, 0.25) is 11.8 Å². The van der Waals surface area contributed by atoms with Gasteiger partial charge in [0, 0.05) is 35.8 Å². The molecule has 0 N–H and O–H groups in total. The first kappa shape index (κ1) is 14.4. The van der Waals surface area contributed by atoms with Crippen LogP contribution in [0, 0.1) is 13.8 Å². The fourth-order valence-corrected chi connectivity index (χ4v) is 4.52. The number of hydrogen-bond donors (Lipinski definition) is 0. The summed E-state index contributed by atoms with van der Waals surface area (Å²) in [5.74, 6) is 1.25. The lowest BCUT2D eigenvalue weighted by Crippen LogP contribution is -2.40. The van der Waals surface area contributed by atoms with E-state index in [1.54, 1.807) is 0 Å². The molecular weight excluding hydrogens is 298 g/mol. The van der Waals surface area contributed by atoms with Crippen LogP contribution in [0.3, 0.4) is 0 Å². The Bertz CT molecular complexity index is 653. The molecule has 0 saturated carbocycles. The summed E-state index contributed by atoms with van der Waals surface area (Å²) in [5.41, 5.74) is 0. The summed E-state index contributed by atoms with van der Waals surface area (Å²) in [6.45, 7) is 6.15. The minimum atomic E-state index is -0.0219. The molecule has 0 unspecified atom stereocenters. The van der Waals surface area contributed by atoms with E-state index in [9.17, 15) is 0 Å². The van der Waals surface area contributed by atoms with Crippen molar-refractivity contribution in [1.82, 2.24) is 15.1 Å². The lowest BCUT2D eigenvalue weighted by Gasteiger charge is -2.34. The average molecular weight is 319 g/mol. The van der Waals surface area contributed by atoms with Gasteiger partial charge in [-0.05, 0) is 38.3 Å². The van der Waals surface area contributed by atoms with Crippen LogP contribution in [0.15, 0.2) is 16.5 Å². The number of rotatable bonds is 3. The molecule has 6 heteroatoms. The van der Waals surface area contributed by atoms with Crippen LogP contribution in [-0.4, -0.2) is 33.8 Å². The van der Waals surface area contributed by atoms with Gasteiger partial charge in [0.15, 0.2) is 0 Å². The molecule has 2 aromatic rings. The molecule has 4 rings (SSSR count). The summed E-state index contributed by atoms with van der Waals surface area (Å²) in [6, 6.07) is 4.99. The second-order valence-electron chi connectivity index (χ2n) is 6.24. The molecule has 0 aliphatic carbocycles. The first-order valence-corrected chi connectivity index (χ1v) is 8.75. The van der Waals surface area contributed by atoms with Crippen molar-refractivity contribution in [2.24, 2.45) is 0 Å². The van der Waals surface area contributed by atoms with Gasteiger partial charge < -0.3 is 9.15 Å². The van der Waals surface area contributed by atoms with E-state index < -0.39 is 0 Å². The van der Waals surface area contributed by atoms with Crippen molar-refractivity contribution in [3.05, 3.63) is 33.7 Å². The van der Waals surface area contributed by atoms with Crippen molar-refractivity contribution >= 4 is 11.3 Å². The molecule has 4 heterocycles. The summed E-state index contributed by atoms with van der Waals surface area (Å²) in [6.07, 6.45) is 3.47. The second-order valence-corrected chi connectivity index (χ2v) is 7.61. The molecule has 118 valence electrons. The van der Waals surface area contributed by atoms with E-state index >= 15 is 0 Å². The van der Waals surface area contributed by atoms with Crippen LogP contribution in [0.2, 0.25) is 0 Å². The predicted octanol–water partition coefficient (Wildman–Crippen LogP) is 3.24. The highest BCUT2D eigenvalue weighted by Gasteiger charge is 2.41. The van der Waals surface area contributed by atoms with Crippen molar-refractivity contribution in [3.63, 3.8) is 0 Å². The first-order valence-electron chi connectivity index (χ1n) is 7.94. The summed E-state index contributed by atoms with van der Waals surface area (Å²) in [5, 5.41) is 8.03. The average Bonchev–Trinajstić information content (AvgIpc) is 3.21. The smallest absolute Gasteiger partial charge is 0.245 e. The first-order chi connectivity index (χ1) is 10.7. The standard InChI is InChI=1S/C16H21N3O2S/c1-10-3-4-12(22-10)9-19-8-7-14-13(19)5-6-15(21-14)16-18-17-11(2)20-16/h3-4,13-15H,5-9H2,1-2H3/t13-,14-,15-/m0/s1. The summed E-state index contributed by atoms with van der Waals surface area (Å²) in [7, 11) is 0. The maximum absolute atomic E-state index is 6.25. The SMILES string of the molecule is Cc1nnc([C@@H]2CC[C@H]3[C@H](CCN3Cc3ccc(C)s3)O2)o1. The molecule has 5 nitrogen and oxygen atoms in total. The van der Waals surface area contributed by atoms with Gasteiger partial charge in [-0.1, -0.05) is 0 Å². The minimum absolute atomic E-state index is 0.0219. The Morgan fingerprint density at radius 1 is 1.23 bits per heavy atom. The normalized spacial score (nSPS) is 28.9. The van der Waals surface area contributed by atoms with Gasteiger partial charge in [0.1, 0.15) is 6.10 Å². The Kier molecular flexibility index (Phi) is 3.76. The molecule has 22 heavy (non-hydrogen) atoms. The quantitative estimate of drug-likeness (QED) is 0.869. The molecular formula is C16H21N3O2S. The highest BCUT2D eigenvalue weighted by molar-refractivity contribution is 7.11. The molecule has 2 aliphatic rings. The fourth-order valence-electron chi connectivity index (χ4n) is 3.61. The third-order valence-corrected chi connectivity index (χ3v) is 5.62. The molecule has 2 aliphatic heterocycles. The van der Waals surface area contributed by atoms with Crippen LogP contribution >= 0.6 is 11.3 Å². The summed E-state index contributed by atoms with van der Waals surface area (Å²) < 4.78 is 11.8. The van der Waals surface area contributed by atoms with Crippen LogP contribution in [0.1, 0.15) is 46.9 Å². The number of fused-ring (bicyclic) bond motifs is 1. The third-order valence-electron chi connectivity index (χ3n) is 4.63. The molecule has 0 bridgehead atoms. The molecule has 2 fully saturated rings. The van der Waals surface area contributed by atoms with Crippen LogP contribution < -0.4 is 0 Å². The van der Waals surface area contributed by atoms with Gasteiger partial charge in [-0.3, -0.25) is 4.90 Å². The lowest BCUT2D eigenvalue weighted by atomic mass is 9.99. The molecule has 0 aromatic carbocycles. The van der Waals surface area contributed by atoms with Crippen LogP contribution in [0.4, 0.5) is 0 Å². The second kappa shape index (κ2) is 5.76. The topological polar surface area (TPSA) is 51.4 Å². The zero-order chi connectivity index (χ0) is 15.1. The number of aromatic nitrogens is 2. The zero-order valence-corrected chi connectivity index (χ0v) is 13.8. The van der Waals surface area contributed by atoms with Crippen molar-refractivity contribution in [2.45, 2.75) is 57.9 Å². The largest absolute Gasteiger partial charge is 0.423 e. The molecule has 2 aromatic heterocycles. The van der Waals surface area contributed by atoms with Crippen LogP contribution in [0.5, 0.6) is 0 Å². The number of thiophene rings is 1. The van der Waals surface area contributed by atoms with Gasteiger partial charge in [-0.25, -0.2) is 0 Å². The van der Waals surface area contributed by atoms with Crippen molar-refractivity contribution < 1.29 is 9.15 Å². The van der Waals surface area contributed by atoms with Crippen molar-refractivity contribution in [1.29, 1.82) is 0 Å². The number of aryl methyl sites for hydroxylation is 2. The van der Waals surface area contributed by atoms with E-state index in [-0.39, 0.29) is 6.10 Å². The Balaban J connectivity index is 1.41. The van der Waals surface area contributed by atoms with Gasteiger partial charge in [0.25, 0.3) is 0 Å². The van der Waals surface area contributed by atoms with Crippen LogP contribution in [-0.2, 0) is 11.3 Å². The van der Waals surface area contributed by atoms with Gasteiger partial charge in [-0.15, -0.1) is 21.5 Å². The monoisotopic (exact) mass is 319 g/mol.